The highest BCUT2D eigenvalue weighted by Crippen LogP contribution is 2.07. The van der Waals surface area contributed by atoms with Crippen molar-refractivity contribution in [2.75, 3.05) is 0 Å². The fraction of sp³-hybridized carbons (Fsp3) is 0.0833. The second kappa shape index (κ2) is 5.52. The van der Waals surface area contributed by atoms with Crippen molar-refractivity contribution in [1.82, 2.24) is 10.6 Å². The summed E-state index contributed by atoms with van der Waals surface area (Å²) in [6, 6.07) is 9.17. The van der Waals surface area contributed by atoms with Gasteiger partial charge in [0.25, 0.3) is 11.8 Å². The summed E-state index contributed by atoms with van der Waals surface area (Å²) in [6.07, 6.45) is 2.29. The van der Waals surface area contributed by atoms with E-state index in [4.69, 9.17) is 12.2 Å². The molecule has 1 aromatic rings. The molecule has 0 bridgehead atoms. The summed E-state index contributed by atoms with van der Waals surface area (Å²) >= 11 is 5.16. The third kappa shape index (κ3) is 2.79. The molecule has 1 aliphatic rings. The lowest BCUT2D eigenvalue weighted by molar-refractivity contribution is -0.159. The van der Waals surface area contributed by atoms with Crippen LogP contribution in [-0.2, 0) is 14.4 Å². The molecule has 1 heterocycles. The fourth-order valence-corrected chi connectivity index (χ4v) is 1.67. The van der Waals surface area contributed by atoms with Crippen LogP contribution in [0.3, 0.4) is 0 Å². The van der Waals surface area contributed by atoms with Gasteiger partial charge in [-0.15, -0.1) is 0 Å². The molecular weight excluding hydrogens is 252 g/mol. The molecule has 2 rings (SSSR count). The number of carbonyl (C=O) groups excluding carboxylic acids is 2. The highest BCUT2D eigenvalue weighted by Gasteiger charge is 2.23. The lowest BCUT2D eigenvalue weighted by atomic mass is 10.1. The van der Waals surface area contributed by atoms with E-state index in [2.05, 4.69) is 10.4 Å². The zero-order chi connectivity index (χ0) is 13.0. The number of hydrazine groups is 1. The Morgan fingerprint density at radius 3 is 2.72 bits per heavy atom. The van der Waals surface area contributed by atoms with Crippen LogP contribution in [0.2, 0.25) is 0 Å². The van der Waals surface area contributed by atoms with Gasteiger partial charge in [-0.05, 0) is 5.56 Å². The Labute approximate surface area is 109 Å². The van der Waals surface area contributed by atoms with Gasteiger partial charge in [-0.2, -0.15) is 5.01 Å². The summed E-state index contributed by atoms with van der Waals surface area (Å²) in [7, 11) is 0. The topological polar surface area (TPSA) is 58.6 Å². The Kier molecular flexibility index (Phi) is 3.81. The first-order valence-electron chi connectivity index (χ1n) is 5.21. The van der Waals surface area contributed by atoms with E-state index in [1.54, 1.807) is 0 Å². The normalized spacial score (nSPS) is 14.2. The van der Waals surface area contributed by atoms with Crippen molar-refractivity contribution in [3.8, 4) is 0 Å². The zero-order valence-electron chi connectivity index (χ0n) is 9.33. The predicted octanol–water partition coefficient (Wildman–Crippen LogP) is 1.11. The van der Waals surface area contributed by atoms with E-state index < -0.39 is 11.8 Å². The average molecular weight is 262 g/mol. The largest absolute Gasteiger partial charge is 0.396 e. The number of benzene rings is 1. The maximum absolute atomic E-state index is 11.8. The molecule has 1 aromatic carbocycles. The van der Waals surface area contributed by atoms with Crippen molar-refractivity contribution < 1.29 is 14.4 Å². The molecule has 2 amide bonds. The quantitative estimate of drug-likeness (QED) is 0.653. The van der Waals surface area contributed by atoms with Crippen molar-refractivity contribution in [2.24, 2.45) is 0 Å². The van der Waals surface area contributed by atoms with E-state index in [-0.39, 0.29) is 6.42 Å². The van der Waals surface area contributed by atoms with Crippen LogP contribution >= 0.6 is 12.2 Å². The van der Waals surface area contributed by atoms with Crippen LogP contribution in [0.15, 0.2) is 42.7 Å². The van der Waals surface area contributed by atoms with Gasteiger partial charge < -0.3 is 4.84 Å². The van der Waals surface area contributed by atoms with Crippen molar-refractivity contribution in [3.63, 3.8) is 0 Å². The summed E-state index contributed by atoms with van der Waals surface area (Å²) in [5.41, 5.74) is 3.01. The molecule has 0 aliphatic carbocycles. The molecule has 5 nitrogen and oxygen atoms in total. The SMILES string of the molecule is O=C1C=CONN1C(=O)CC(=S)c1ccccc1. The molecule has 1 N–H and O–H groups in total. The zero-order valence-corrected chi connectivity index (χ0v) is 10.1. The van der Waals surface area contributed by atoms with Gasteiger partial charge in [0.1, 0.15) is 6.26 Å². The molecule has 0 unspecified atom stereocenters. The fourth-order valence-electron chi connectivity index (χ4n) is 1.41. The van der Waals surface area contributed by atoms with Crippen molar-refractivity contribution in [1.29, 1.82) is 0 Å². The number of hydrogen-bond acceptors (Lipinski definition) is 5. The molecule has 0 saturated carbocycles. The maximum Gasteiger partial charge on any atom is 0.273 e. The van der Waals surface area contributed by atoms with Gasteiger partial charge in [0, 0.05) is 10.9 Å². The van der Waals surface area contributed by atoms with Gasteiger partial charge in [0.05, 0.1) is 6.42 Å². The number of nitrogens with one attached hydrogen (secondary N) is 1. The lowest BCUT2D eigenvalue weighted by Gasteiger charge is -2.21. The van der Waals surface area contributed by atoms with Crippen molar-refractivity contribution in [3.05, 3.63) is 48.2 Å². The summed E-state index contributed by atoms with van der Waals surface area (Å²) < 4.78 is 0. The first-order chi connectivity index (χ1) is 8.68. The van der Waals surface area contributed by atoms with Crippen LogP contribution in [0.5, 0.6) is 0 Å². The predicted molar refractivity (Wildman–Crippen MR) is 68.0 cm³/mol. The number of nitrogens with zero attached hydrogens (tertiary/aromatic N) is 1. The van der Waals surface area contributed by atoms with Crippen LogP contribution in [0.25, 0.3) is 0 Å². The number of carbonyl (C=O) groups is 2. The van der Waals surface area contributed by atoms with Gasteiger partial charge in [-0.1, -0.05) is 48.1 Å². The van der Waals surface area contributed by atoms with Crippen LogP contribution < -0.4 is 5.59 Å². The smallest absolute Gasteiger partial charge is 0.273 e. The number of amides is 2. The highest BCUT2D eigenvalue weighted by molar-refractivity contribution is 7.80. The molecule has 6 heteroatoms. The van der Waals surface area contributed by atoms with Crippen LogP contribution in [0.1, 0.15) is 12.0 Å². The van der Waals surface area contributed by atoms with Crippen LogP contribution in [0.4, 0.5) is 0 Å². The summed E-state index contributed by atoms with van der Waals surface area (Å²) in [4.78, 5) is 28.4. The molecule has 0 saturated heterocycles. The number of hydrogen-bond donors (Lipinski definition) is 1. The minimum Gasteiger partial charge on any atom is -0.396 e. The van der Waals surface area contributed by atoms with Gasteiger partial charge in [0.2, 0.25) is 0 Å². The standard InChI is InChI=1S/C12H10N2O3S/c15-11-6-7-17-13-14(11)12(16)8-10(18)9-4-2-1-3-5-9/h1-7,13H,8H2. The number of thiocarbonyl (C=S) groups is 1. The van der Waals surface area contributed by atoms with Crippen LogP contribution in [-0.4, -0.2) is 21.7 Å². The number of imide groups is 1. The van der Waals surface area contributed by atoms with E-state index in [0.717, 1.165) is 16.6 Å². The molecule has 1 aliphatic heterocycles. The van der Waals surface area contributed by atoms with Gasteiger partial charge in [0.15, 0.2) is 0 Å². The van der Waals surface area contributed by atoms with E-state index in [1.165, 1.54) is 6.26 Å². The van der Waals surface area contributed by atoms with E-state index in [9.17, 15) is 9.59 Å². The van der Waals surface area contributed by atoms with Gasteiger partial charge in [-0.3, -0.25) is 9.59 Å². The Bertz CT molecular complexity index is 513. The maximum atomic E-state index is 11.8. The summed E-state index contributed by atoms with van der Waals surface area (Å²) in [6.45, 7) is 0. The highest BCUT2D eigenvalue weighted by atomic mass is 32.1. The molecule has 0 fully saturated rings. The molecule has 0 spiro atoms. The van der Waals surface area contributed by atoms with E-state index in [0.29, 0.717) is 4.86 Å². The minimum absolute atomic E-state index is 0.0325. The molecule has 92 valence electrons. The average Bonchev–Trinajstić information content (AvgIpc) is 2.40. The first-order valence-corrected chi connectivity index (χ1v) is 5.62. The first kappa shape index (κ1) is 12.4. The lowest BCUT2D eigenvalue weighted by Crippen LogP contribution is -2.48. The third-order valence-corrected chi connectivity index (χ3v) is 2.68. The second-order valence-electron chi connectivity index (χ2n) is 3.55. The Morgan fingerprint density at radius 2 is 2.06 bits per heavy atom. The van der Waals surface area contributed by atoms with Crippen molar-refractivity contribution in [2.45, 2.75) is 6.42 Å². The summed E-state index contributed by atoms with van der Waals surface area (Å²) in [5.74, 6) is -0.944. The second-order valence-corrected chi connectivity index (χ2v) is 4.04. The monoisotopic (exact) mass is 262 g/mol. The van der Waals surface area contributed by atoms with E-state index in [1.807, 2.05) is 30.3 Å². The van der Waals surface area contributed by atoms with Crippen LogP contribution in [0, 0.1) is 0 Å². The summed E-state index contributed by atoms with van der Waals surface area (Å²) in [5, 5.41) is 0.787. The Morgan fingerprint density at radius 1 is 1.33 bits per heavy atom. The third-order valence-electron chi connectivity index (χ3n) is 2.30. The molecule has 0 radical (unpaired) electrons. The van der Waals surface area contributed by atoms with Crippen molar-refractivity contribution >= 4 is 28.9 Å². The minimum atomic E-state index is -0.484. The Balaban J connectivity index is 2.02. The molecule has 18 heavy (non-hydrogen) atoms. The van der Waals surface area contributed by atoms with E-state index >= 15 is 0 Å². The molecular formula is C12H10N2O3S. The number of rotatable bonds is 3. The molecule has 0 atom stereocenters. The molecule has 0 aromatic heterocycles. The Hall–Kier alpha value is -2.05. The van der Waals surface area contributed by atoms with Gasteiger partial charge in [-0.25, -0.2) is 0 Å². The van der Waals surface area contributed by atoms with Gasteiger partial charge >= 0.3 is 0 Å².